The van der Waals surface area contributed by atoms with Crippen molar-refractivity contribution in [3.8, 4) is 17.1 Å². The number of H-pyrrole nitrogens is 1. The Balaban J connectivity index is 2.35. The zero-order chi connectivity index (χ0) is 13.4. The summed E-state index contributed by atoms with van der Waals surface area (Å²) >= 11 is 6.05. The smallest absolute Gasteiger partial charge is 0.259 e. The van der Waals surface area contributed by atoms with E-state index in [1.807, 2.05) is 0 Å². The van der Waals surface area contributed by atoms with Crippen LogP contribution in [0.2, 0.25) is 5.02 Å². The summed E-state index contributed by atoms with van der Waals surface area (Å²) in [7, 11) is 0. The summed E-state index contributed by atoms with van der Waals surface area (Å²) in [4.78, 5) is 18.9. The van der Waals surface area contributed by atoms with Crippen LogP contribution in [-0.2, 0) is 0 Å². The maximum absolute atomic E-state index is 12.0. The number of aromatic nitrogens is 2. The number of rotatable bonds is 1. The lowest BCUT2D eigenvalue weighted by molar-refractivity contribution is 0.477. The molecule has 94 valence electrons. The first-order valence-electron chi connectivity index (χ1n) is 5.64. The Morgan fingerprint density at radius 2 is 1.89 bits per heavy atom. The molecule has 0 aliphatic carbocycles. The Hall–Kier alpha value is -2.33. The number of hydrogen-bond acceptors (Lipinski definition) is 3. The first-order chi connectivity index (χ1) is 9.16. The van der Waals surface area contributed by atoms with Gasteiger partial charge in [-0.25, -0.2) is 4.98 Å². The number of hydrogen-bond donors (Lipinski definition) is 2. The Kier molecular flexibility index (Phi) is 2.72. The van der Waals surface area contributed by atoms with Crippen LogP contribution < -0.4 is 5.56 Å². The zero-order valence-electron chi connectivity index (χ0n) is 9.72. The van der Waals surface area contributed by atoms with E-state index in [4.69, 9.17) is 11.6 Å². The third-order valence-electron chi connectivity index (χ3n) is 2.84. The van der Waals surface area contributed by atoms with Gasteiger partial charge in [0, 0.05) is 0 Å². The van der Waals surface area contributed by atoms with Crippen LogP contribution in [0, 0.1) is 0 Å². The third-order valence-corrected chi connectivity index (χ3v) is 3.16. The molecule has 0 saturated heterocycles. The predicted octanol–water partition coefficient (Wildman–Crippen LogP) is 2.95. The summed E-state index contributed by atoms with van der Waals surface area (Å²) in [5.41, 5.74) is 0.618. The van der Waals surface area contributed by atoms with Crippen molar-refractivity contribution in [1.82, 2.24) is 9.97 Å². The number of nitrogens with one attached hydrogen (secondary N) is 1. The molecule has 0 unspecified atom stereocenters. The fourth-order valence-electron chi connectivity index (χ4n) is 1.95. The first kappa shape index (κ1) is 11.7. The minimum Gasteiger partial charge on any atom is -0.507 e. The molecule has 0 amide bonds. The van der Waals surface area contributed by atoms with E-state index in [-0.39, 0.29) is 17.1 Å². The summed E-state index contributed by atoms with van der Waals surface area (Å²) in [6, 6.07) is 11.7. The molecule has 0 aliphatic rings. The van der Waals surface area contributed by atoms with Crippen molar-refractivity contribution in [2.45, 2.75) is 0 Å². The molecule has 0 fully saturated rings. The minimum absolute atomic E-state index is 0.0223. The number of benzene rings is 2. The van der Waals surface area contributed by atoms with Crippen LogP contribution in [0.15, 0.2) is 47.3 Å². The van der Waals surface area contributed by atoms with E-state index in [2.05, 4.69) is 9.97 Å². The maximum Gasteiger partial charge on any atom is 0.259 e. The van der Waals surface area contributed by atoms with Crippen molar-refractivity contribution >= 4 is 22.5 Å². The molecule has 5 heteroatoms. The molecule has 0 atom stereocenters. The Morgan fingerprint density at radius 1 is 1.11 bits per heavy atom. The van der Waals surface area contributed by atoms with Gasteiger partial charge in [-0.2, -0.15) is 0 Å². The molecule has 0 saturated carbocycles. The van der Waals surface area contributed by atoms with E-state index >= 15 is 0 Å². The van der Waals surface area contributed by atoms with Crippen molar-refractivity contribution in [1.29, 1.82) is 0 Å². The second kappa shape index (κ2) is 4.40. The average molecular weight is 273 g/mol. The molecule has 4 nitrogen and oxygen atoms in total. The van der Waals surface area contributed by atoms with E-state index in [1.165, 1.54) is 6.07 Å². The van der Waals surface area contributed by atoms with E-state index < -0.39 is 0 Å². The lowest BCUT2D eigenvalue weighted by atomic mass is 10.1. The summed E-state index contributed by atoms with van der Waals surface area (Å²) in [6.45, 7) is 0. The van der Waals surface area contributed by atoms with Gasteiger partial charge in [-0.1, -0.05) is 29.8 Å². The van der Waals surface area contributed by atoms with Gasteiger partial charge in [-0.05, 0) is 24.3 Å². The standard InChI is InChI=1S/C14H9ClN2O2/c15-9-5-3-7-11(18)12(9)13-16-10-6-2-1-4-8(10)14(19)17-13/h1-7,18H,(H,16,17,19). The average Bonchev–Trinajstić information content (AvgIpc) is 2.38. The van der Waals surface area contributed by atoms with Crippen LogP contribution in [0.1, 0.15) is 0 Å². The SMILES string of the molecule is O=c1[nH]c(-c2c(O)cccc2Cl)nc2ccccc12. The summed E-state index contributed by atoms with van der Waals surface area (Å²) < 4.78 is 0. The summed E-state index contributed by atoms with van der Waals surface area (Å²) in [5.74, 6) is 0.234. The fraction of sp³-hybridized carbons (Fsp3) is 0. The molecule has 2 aromatic carbocycles. The normalized spacial score (nSPS) is 10.8. The lowest BCUT2D eigenvalue weighted by Crippen LogP contribution is -2.09. The highest BCUT2D eigenvalue weighted by Gasteiger charge is 2.12. The molecule has 3 rings (SSSR count). The van der Waals surface area contributed by atoms with Gasteiger partial charge in [0.05, 0.1) is 21.5 Å². The first-order valence-corrected chi connectivity index (χ1v) is 6.01. The molecule has 0 bridgehead atoms. The van der Waals surface area contributed by atoms with Crippen LogP contribution in [0.3, 0.4) is 0 Å². The van der Waals surface area contributed by atoms with Gasteiger partial charge in [0.1, 0.15) is 11.6 Å². The molecular weight excluding hydrogens is 264 g/mol. The molecule has 1 heterocycles. The molecule has 2 N–H and O–H groups in total. The van der Waals surface area contributed by atoms with Gasteiger partial charge in [-0.3, -0.25) is 4.79 Å². The topological polar surface area (TPSA) is 66.0 Å². The van der Waals surface area contributed by atoms with Crippen molar-refractivity contribution in [2.24, 2.45) is 0 Å². The van der Waals surface area contributed by atoms with E-state index in [1.54, 1.807) is 36.4 Å². The summed E-state index contributed by atoms with van der Waals surface area (Å²) in [6.07, 6.45) is 0. The number of aromatic amines is 1. The van der Waals surface area contributed by atoms with E-state index in [0.29, 0.717) is 21.5 Å². The van der Waals surface area contributed by atoms with Crippen LogP contribution in [-0.4, -0.2) is 15.1 Å². The fourth-order valence-corrected chi connectivity index (χ4v) is 2.21. The quantitative estimate of drug-likeness (QED) is 0.716. The van der Waals surface area contributed by atoms with Crippen molar-refractivity contribution in [3.63, 3.8) is 0 Å². The number of para-hydroxylation sites is 1. The van der Waals surface area contributed by atoms with Gasteiger partial charge in [0.15, 0.2) is 0 Å². The second-order valence-corrected chi connectivity index (χ2v) is 4.47. The number of fused-ring (bicyclic) bond motifs is 1. The molecule has 3 aromatic rings. The van der Waals surface area contributed by atoms with Crippen LogP contribution in [0.4, 0.5) is 0 Å². The second-order valence-electron chi connectivity index (χ2n) is 4.07. The van der Waals surface area contributed by atoms with Gasteiger partial charge < -0.3 is 10.1 Å². The zero-order valence-corrected chi connectivity index (χ0v) is 10.5. The molecule has 0 radical (unpaired) electrons. The van der Waals surface area contributed by atoms with Crippen LogP contribution in [0.25, 0.3) is 22.3 Å². The number of aromatic hydroxyl groups is 1. The Bertz CT molecular complexity index is 807. The molecule has 19 heavy (non-hydrogen) atoms. The van der Waals surface area contributed by atoms with Gasteiger partial charge in [0.2, 0.25) is 0 Å². The van der Waals surface area contributed by atoms with E-state index in [0.717, 1.165) is 0 Å². The highest BCUT2D eigenvalue weighted by molar-refractivity contribution is 6.33. The molecular formula is C14H9ClN2O2. The molecule has 0 aliphatic heterocycles. The van der Waals surface area contributed by atoms with E-state index in [9.17, 15) is 9.90 Å². The summed E-state index contributed by atoms with van der Waals surface area (Å²) in [5, 5.41) is 10.7. The third kappa shape index (κ3) is 1.96. The van der Waals surface area contributed by atoms with Crippen molar-refractivity contribution in [3.05, 3.63) is 57.8 Å². The maximum atomic E-state index is 12.0. The molecule has 0 spiro atoms. The monoisotopic (exact) mass is 272 g/mol. The van der Waals surface area contributed by atoms with Crippen LogP contribution >= 0.6 is 11.6 Å². The van der Waals surface area contributed by atoms with Crippen molar-refractivity contribution in [2.75, 3.05) is 0 Å². The minimum atomic E-state index is -0.264. The number of halogens is 1. The van der Waals surface area contributed by atoms with Gasteiger partial charge in [-0.15, -0.1) is 0 Å². The Morgan fingerprint density at radius 3 is 2.68 bits per heavy atom. The highest BCUT2D eigenvalue weighted by atomic mass is 35.5. The molecule has 1 aromatic heterocycles. The predicted molar refractivity (Wildman–Crippen MR) is 74.5 cm³/mol. The number of phenolic OH excluding ortho intramolecular Hbond substituents is 1. The Labute approximate surface area is 113 Å². The van der Waals surface area contributed by atoms with Crippen molar-refractivity contribution < 1.29 is 5.11 Å². The van der Waals surface area contributed by atoms with Crippen LogP contribution in [0.5, 0.6) is 5.75 Å². The van der Waals surface area contributed by atoms with Gasteiger partial charge >= 0.3 is 0 Å². The number of phenols is 1. The van der Waals surface area contributed by atoms with Gasteiger partial charge in [0.25, 0.3) is 5.56 Å². The number of nitrogens with zero attached hydrogens (tertiary/aromatic N) is 1. The highest BCUT2D eigenvalue weighted by Crippen LogP contribution is 2.33. The lowest BCUT2D eigenvalue weighted by Gasteiger charge is -2.07. The largest absolute Gasteiger partial charge is 0.507 e.